The zero-order valence-electron chi connectivity index (χ0n) is 10.8. The Bertz CT molecular complexity index is 646. The highest BCUT2D eigenvalue weighted by Gasteiger charge is 2.13. The molecule has 20 heavy (non-hydrogen) atoms. The van der Waals surface area contributed by atoms with Gasteiger partial charge in [-0.3, -0.25) is 0 Å². The summed E-state index contributed by atoms with van der Waals surface area (Å²) in [4.78, 5) is 14.9. The fourth-order valence-corrected chi connectivity index (χ4v) is 2.13. The fourth-order valence-electron chi connectivity index (χ4n) is 1.83. The highest BCUT2D eigenvalue weighted by molar-refractivity contribution is 6.31. The molecule has 0 saturated carbocycles. The van der Waals surface area contributed by atoms with Crippen molar-refractivity contribution in [3.05, 3.63) is 52.7 Å². The van der Waals surface area contributed by atoms with Crippen molar-refractivity contribution in [3.63, 3.8) is 0 Å². The minimum Gasteiger partial charge on any atom is -0.478 e. The smallest absolute Gasteiger partial charge is 0.337 e. The van der Waals surface area contributed by atoms with E-state index in [1.54, 1.807) is 6.07 Å². The maximum absolute atomic E-state index is 10.8. The topological polar surface area (TPSA) is 88.2 Å². The summed E-state index contributed by atoms with van der Waals surface area (Å²) in [6, 6.07) is 8.73. The van der Waals surface area contributed by atoms with Crippen LogP contribution in [0.25, 0.3) is 0 Å². The molecular weight excluding hydrogens is 278 g/mol. The first kappa shape index (κ1) is 14.1. The number of aromatic nitrogens is 1. The third-order valence-electron chi connectivity index (χ3n) is 2.89. The van der Waals surface area contributed by atoms with Gasteiger partial charge >= 0.3 is 5.97 Å². The molecule has 104 valence electrons. The maximum Gasteiger partial charge on any atom is 0.337 e. The summed E-state index contributed by atoms with van der Waals surface area (Å²) < 4.78 is 0. The Hall–Kier alpha value is -2.27. The lowest BCUT2D eigenvalue weighted by Crippen LogP contribution is -2.11. The van der Waals surface area contributed by atoms with E-state index in [0.717, 1.165) is 5.56 Å². The van der Waals surface area contributed by atoms with Gasteiger partial charge in [0.2, 0.25) is 0 Å². The number of nitrogens with zero attached hydrogens (tertiary/aromatic N) is 1. The zero-order chi connectivity index (χ0) is 14.7. The van der Waals surface area contributed by atoms with Crippen LogP contribution in [0.5, 0.6) is 0 Å². The summed E-state index contributed by atoms with van der Waals surface area (Å²) in [5, 5.41) is 12.6. The number of carbonyl (C=O) groups is 1. The third-order valence-corrected chi connectivity index (χ3v) is 3.23. The molecule has 0 saturated heterocycles. The van der Waals surface area contributed by atoms with Crippen LogP contribution in [0, 0.1) is 0 Å². The van der Waals surface area contributed by atoms with Crippen LogP contribution in [0.2, 0.25) is 5.02 Å². The Balaban J connectivity index is 2.22. The fraction of sp³-hybridized carbons (Fsp3) is 0.143. The van der Waals surface area contributed by atoms with Crippen molar-refractivity contribution < 1.29 is 9.90 Å². The van der Waals surface area contributed by atoms with E-state index in [4.69, 9.17) is 22.4 Å². The first-order valence-electron chi connectivity index (χ1n) is 5.99. The van der Waals surface area contributed by atoms with Crippen molar-refractivity contribution >= 4 is 29.1 Å². The number of aromatic carboxylic acids is 1. The van der Waals surface area contributed by atoms with Gasteiger partial charge in [0.15, 0.2) is 0 Å². The van der Waals surface area contributed by atoms with E-state index in [9.17, 15) is 4.79 Å². The molecule has 0 aliphatic carbocycles. The second kappa shape index (κ2) is 5.79. The number of pyridine rings is 1. The predicted molar refractivity (Wildman–Crippen MR) is 79.1 cm³/mol. The molecule has 0 fully saturated rings. The van der Waals surface area contributed by atoms with Crippen LogP contribution in [-0.2, 0) is 0 Å². The number of nitrogen functional groups attached to an aromatic ring is 1. The van der Waals surface area contributed by atoms with E-state index in [2.05, 4.69) is 10.3 Å². The Morgan fingerprint density at radius 2 is 2.15 bits per heavy atom. The van der Waals surface area contributed by atoms with Crippen LogP contribution < -0.4 is 11.1 Å². The predicted octanol–water partition coefficient (Wildman–Crippen LogP) is 3.19. The number of carboxylic acid groups (broad SMARTS) is 1. The van der Waals surface area contributed by atoms with Crippen molar-refractivity contribution in [2.75, 3.05) is 11.1 Å². The zero-order valence-corrected chi connectivity index (χ0v) is 11.6. The normalized spacial score (nSPS) is 11.9. The van der Waals surface area contributed by atoms with Crippen molar-refractivity contribution in [2.24, 2.45) is 0 Å². The van der Waals surface area contributed by atoms with Gasteiger partial charge in [-0.1, -0.05) is 29.8 Å². The van der Waals surface area contributed by atoms with Crippen molar-refractivity contribution in [1.29, 1.82) is 0 Å². The average molecular weight is 292 g/mol. The second-order valence-corrected chi connectivity index (χ2v) is 4.76. The first-order valence-corrected chi connectivity index (χ1v) is 6.36. The Labute approximate surface area is 121 Å². The van der Waals surface area contributed by atoms with Crippen LogP contribution >= 0.6 is 11.6 Å². The number of benzene rings is 1. The molecular formula is C14H14ClN3O2. The molecule has 0 aliphatic rings. The van der Waals surface area contributed by atoms with Crippen molar-refractivity contribution in [3.8, 4) is 0 Å². The van der Waals surface area contributed by atoms with Gasteiger partial charge < -0.3 is 16.2 Å². The number of anilines is 2. The molecule has 1 unspecified atom stereocenters. The van der Waals surface area contributed by atoms with Crippen LogP contribution in [0.1, 0.15) is 28.9 Å². The molecule has 5 nitrogen and oxygen atoms in total. The molecule has 4 N–H and O–H groups in total. The first-order chi connectivity index (χ1) is 9.49. The summed E-state index contributed by atoms with van der Waals surface area (Å²) in [7, 11) is 0. The molecule has 1 atom stereocenters. The number of rotatable bonds is 4. The highest BCUT2D eigenvalue weighted by Crippen LogP contribution is 2.27. The number of carboxylic acids is 1. The van der Waals surface area contributed by atoms with E-state index in [1.165, 1.54) is 12.3 Å². The van der Waals surface area contributed by atoms with E-state index in [-0.39, 0.29) is 17.3 Å². The van der Waals surface area contributed by atoms with E-state index in [1.807, 2.05) is 25.1 Å². The van der Waals surface area contributed by atoms with Gasteiger partial charge in [-0.05, 0) is 24.6 Å². The number of hydrogen-bond donors (Lipinski definition) is 3. The number of halogens is 1. The SMILES string of the molecule is CC(Nc1ncc(C(=O)O)cc1N)c1ccccc1Cl. The molecule has 2 aromatic rings. The molecule has 1 aromatic carbocycles. The molecule has 1 aromatic heterocycles. The average Bonchev–Trinajstić information content (AvgIpc) is 2.41. The minimum absolute atomic E-state index is 0.0541. The number of nitrogens with one attached hydrogen (secondary N) is 1. The molecule has 0 aliphatic heterocycles. The van der Waals surface area contributed by atoms with E-state index < -0.39 is 5.97 Å². The summed E-state index contributed by atoms with van der Waals surface area (Å²) in [6.45, 7) is 1.92. The lowest BCUT2D eigenvalue weighted by atomic mass is 10.1. The molecule has 0 amide bonds. The summed E-state index contributed by atoms with van der Waals surface area (Å²) in [5.41, 5.74) is 7.05. The van der Waals surface area contributed by atoms with Gasteiger partial charge in [-0.25, -0.2) is 9.78 Å². The standard InChI is InChI=1S/C14H14ClN3O2/c1-8(10-4-2-3-5-11(10)15)18-13-12(16)6-9(7-17-13)14(19)20/h2-8H,16H2,1H3,(H,17,18)(H,19,20). The third kappa shape index (κ3) is 3.00. The molecule has 1 heterocycles. The monoisotopic (exact) mass is 291 g/mol. The molecule has 0 radical (unpaired) electrons. The Morgan fingerprint density at radius 3 is 2.75 bits per heavy atom. The summed E-state index contributed by atoms with van der Waals surface area (Å²) >= 11 is 6.12. The van der Waals surface area contributed by atoms with Gasteiger partial charge in [-0.2, -0.15) is 0 Å². The molecule has 0 spiro atoms. The van der Waals surface area contributed by atoms with E-state index >= 15 is 0 Å². The number of hydrogen-bond acceptors (Lipinski definition) is 4. The summed E-state index contributed by atoms with van der Waals surface area (Å²) in [6.07, 6.45) is 1.26. The van der Waals surface area contributed by atoms with Crippen LogP contribution in [0.15, 0.2) is 36.5 Å². The van der Waals surface area contributed by atoms with Gasteiger partial charge in [0.1, 0.15) is 5.82 Å². The van der Waals surface area contributed by atoms with Crippen LogP contribution in [-0.4, -0.2) is 16.1 Å². The van der Waals surface area contributed by atoms with Crippen molar-refractivity contribution in [2.45, 2.75) is 13.0 Å². The minimum atomic E-state index is -1.06. The van der Waals surface area contributed by atoms with Gasteiger partial charge in [0.25, 0.3) is 0 Å². The molecule has 0 bridgehead atoms. The van der Waals surface area contributed by atoms with Gasteiger partial charge in [0.05, 0.1) is 17.3 Å². The Morgan fingerprint density at radius 1 is 1.45 bits per heavy atom. The van der Waals surface area contributed by atoms with Gasteiger partial charge in [-0.15, -0.1) is 0 Å². The Kier molecular flexibility index (Phi) is 4.10. The van der Waals surface area contributed by atoms with Crippen LogP contribution in [0.3, 0.4) is 0 Å². The number of nitrogens with two attached hydrogens (primary N) is 1. The highest BCUT2D eigenvalue weighted by atomic mass is 35.5. The largest absolute Gasteiger partial charge is 0.478 e. The summed E-state index contributed by atoms with van der Waals surface area (Å²) in [5.74, 6) is -0.627. The van der Waals surface area contributed by atoms with Crippen LogP contribution in [0.4, 0.5) is 11.5 Å². The van der Waals surface area contributed by atoms with Crippen molar-refractivity contribution in [1.82, 2.24) is 4.98 Å². The quantitative estimate of drug-likeness (QED) is 0.805. The maximum atomic E-state index is 10.8. The molecule has 6 heteroatoms. The lowest BCUT2D eigenvalue weighted by Gasteiger charge is -2.17. The van der Waals surface area contributed by atoms with E-state index in [0.29, 0.717) is 10.8 Å². The molecule has 2 rings (SSSR count). The second-order valence-electron chi connectivity index (χ2n) is 4.35. The lowest BCUT2D eigenvalue weighted by molar-refractivity contribution is 0.0696. The van der Waals surface area contributed by atoms with Gasteiger partial charge in [0, 0.05) is 11.2 Å².